The molecule has 0 atom stereocenters. The monoisotopic (exact) mass is 251 g/mol. The van der Waals surface area contributed by atoms with Gasteiger partial charge >= 0.3 is 5.97 Å². The van der Waals surface area contributed by atoms with Gasteiger partial charge in [0.15, 0.2) is 0 Å². The number of benzene rings is 1. The van der Waals surface area contributed by atoms with Gasteiger partial charge in [-0.25, -0.2) is 14.2 Å². The van der Waals surface area contributed by atoms with Gasteiger partial charge in [-0.05, 0) is 35.4 Å². The van der Waals surface area contributed by atoms with Gasteiger partial charge in [-0.3, -0.25) is 0 Å². The molecule has 0 fully saturated rings. The van der Waals surface area contributed by atoms with Crippen LogP contribution in [0, 0.1) is 5.82 Å². The molecule has 2 rings (SSSR count). The van der Waals surface area contributed by atoms with Crippen LogP contribution in [0.3, 0.4) is 0 Å². The van der Waals surface area contributed by atoms with E-state index in [9.17, 15) is 9.18 Å². The Labute approximate surface area is 101 Å². The third-order valence-corrected chi connectivity index (χ3v) is 2.52. The summed E-state index contributed by atoms with van der Waals surface area (Å²) in [5.41, 5.74) is 1.20. The topological polar surface area (TPSA) is 50.2 Å². The molecular formula is C12H7ClFNO2. The van der Waals surface area contributed by atoms with Crippen molar-refractivity contribution in [2.24, 2.45) is 0 Å². The van der Waals surface area contributed by atoms with E-state index in [-0.39, 0.29) is 10.7 Å². The van der Waals surface area contributed by atoms with Gasteiger partial charge in [-0.1, -0.05) is 17.7 Å². The van der Waals surface area contributed by atoms with E-state index in [4.69, 9.17) is 16.7 Å². The maximum atomic E-state index is 13.0. The number of hydrogen-bond donors (Lipinski definition) is 1. The van der Waals surface area contributed by atoms with Crippen molar-refractivity contribution in [2.75, 3.05) is 0 Å². The zero-order valence-electron chi connectivity index (χ0n) is 8.52. The maximum absolute atomic E-state index is 13.0. The van der Waals surface area contributed by atoms with Crippen LogP contribution in [-0.4, -0.2) is 16.1 Å². The Morgan fingerprint density at radius 2 is 1.94 bits per heavy atom. The van der Waals surface area contributed by atoms with Gasteiger partial charge in [0.05, 0.1) is 5.02 Å². The van der Waals surface area contributed by atoms with Crippen LogP contribution in [0.5, 0.6) is 0 Å². The van der Waals surface area contributed by atoms with E-state index in [0.29, 0.717) is 11.1 Å². The summed E-state index contributed by atoms with van der Waals surface area (Å²) in [6.45, 7) is 0. The van der Waals surface area contributed by atoms with Crippen molar-refractivity contribution in [2.45, 2.75) is 0 Å². The normalized spacial score (nSPS) is 10.2. The second-order valence-electron chi connectivity index (χ2n) is 3.36. The fourth-order valence-corrected chi connectivity index (χ4v) is 1.58. The highest BCUT2D eigenvalue weighted by atomic mass is 35.5. The minimum atomic E-state index is -1.11. The third-order valence-electron chi connectivity index (χ3n) is 2.23. The molecule has 1 heterocycles. The van der Waals surface area contributed by atoms with Crippen LogP contribution < -0.4 is 0 Å². The second-order valence-corrected chi connectivity index (χ2v) is 3.77. The number of rotatable bonds is 2. The summed E-state index contributed by atoms with van der Waals surface area (Å²) in [5, 5.41) is 8.80. The molecule has 0 unspecified atom stereocenters. The van der Waals surface area contributed by atoms with Gasteiger partial charge in [0, 0.05) is 6.20 Å². The summed E-state index contributed by atoms with van der Waals surface area (Å²) in [5.74, 6) is -1.62. The average molecular weight is 252 g/mol. The van der Waals surface area contributed by atoms with Crippen LogP contribution in [0.1, 0.15) is 10.5 Å². The predicted octanol–water partition coefficient (Wildman–Crippen LogP) is 3.24. The van der Waals surface area contributed by atoms with Crippen LogP contribution in [0.15, 0.2) is 36.5 Å². The third kappa shape index (κ3) is 2.42. The summed E-state index contributed by atoms with van der Waals surface area (Å²) in [6, 6.07) is 7.25. The van der Waals surface area contributed by atoms with Crippen LogP contribution in [0.2, 0.25) is 5.02 Å². The zero-order valence-corrected chi connectivity index (χ0v) is 9.28. The smallest absolute Gasteiger partial charge is 0.354 e. The van der Waals surface area contributed by atoms with Gasteiger partial charge in [0.2, 0.25) is 0 Å². The number of pyridine rings is 1. The van der Waals surface area contributed by atoms with Gasteiger partial charge in [-0.2, -0.15) is 0 Å². The van der Waals surface area contributed by atoms with Crippen molar-refractivity contribution in [3.8, 4) is 11.1 Å². The van der Waals surface area contributed by atoms with E-state index >= 15 is 0 Å². The van der Waals surface area contributed by atoms with E-state index < -0.39 is 11.8 Å². The molecule has 17 heavy (non-hydrogen) atoms. The van der Waals surface area contributed by atoms with E-state index in [1.807, 2.05) is 0 Å². The molecule has 0 saturated carbocycles. The Morgan fingerprint density at radius 3 is 2.59 bits per heavy atom. The standard InChI is InChI=1S/C12H7ClFNO2/c13-9-5-7(1-2-10(9)14)8-3-4-15-11(6-8)12(16)17/h1-6H,(H,16,17). The molecule has 0 aliphatic carbocycles. The zero-order chi connectivity index (χ0) is 12.4. The molecule has 5 heteroatoms. The lowest BCUT2D eigenvalue weighted by atomic mass is 10.1. The van der Waals surface area contributed by atoms with Crippen LogP contribution >= 0.6 is 11.6 Å². The Hall–Kier alpha value is -1.94. The lowest BCUT2D eigenvalue weighted by molar-refractivity contribution is 0.0690. The number of nitrogens with zero attached hydrogens (tertiary/aromatic N) is 1. The van der Waals surface area contributed by atoms with E-state index in [1.165, 1.54) is 30.5 Å². The molecule has 0 saturated heterocycles. The number of carboxylic acids is 1. The Bertz CT molecular complexity index is 586. The number of hydrogen-bond acceptors (Lipinski definition) is 2. The average Bonchev–Trinajstić information content (AvgIpc) is 2.33. The fraction of sp³-hybridized carbons (Fsp3) is 0. The van der Waals surface area contributed by atoms with Crippen molar-refractivity contribution >= 4 is 17.6 Å². The number of halogens is 2. The first kappa shape index (κ1) is 11.5. The largest absolute Gasteiger partial charge is 0.477 e. The number of carbonyl (C=O) groups is 1. The van der Waals surface area contributed by atoms with Gasteiger partial charge < -0.3 is 5.11 Å². The van der Waals surface area contributed by atoms with Gasteiger partial charge in [0.1, 0.15) is 11.5 Å². The Morgan fingerprint density at radius 1 is 1.24 bits per heavy atom. The molecule has 0 aliphatic heterocycles. The van der Waals surface area contributed by atoms with E-state index in [2.05, 4.69) is 4.98 Å². The quantitative estimate of drug-likeness (QED) is 0.891. The van der Waals surface area contributed by atoms with E-state index in [1.54, 1.807) is 6.07 Å². The highest BCUT2D eigenvalue weighted by Gasteiger charge is 2.07. The molecule has 0 radical (unpaired) electrons. The van der Waals surface area contributed by atoms with Crippen molar-refractivity contribution in [1.29, 1.82) is 0 Å². The molecule has 1 aromatic heterocycles. The number of aromatic carboxylic acids is 1. The number of aromatic nitrogens is 1. The second kappa shape index (κ2) is 4.51. The predicted molar refractivity (Wildman–Crippen MR) is 61.6 cm³/mol. The lowest BCUT2D eigenvalue weighted by Crippen LogP contribution is -1.99. The molecule has 3 nitrogen and oxygen atoms in total. The first-order chi connectivity index (χ1) is 8.08. The molecule has 2 aromatic rings. The van der Waals surface area contributed by atoms with Crippen LogP contribution in [0.25, 0.3) is 11.1 Å². The van der Waals surface area contributed by atoms with Crippen LogP contribution in [0.4, 0.5) is 4.39 Å². The molecule has 1 aromatic carbocycles. The molecule has 86 valence electrons. The van der Waals surface area contributed by atoms with E-state index in [0.717, 1.165) is 0 Å². The summed E-state index contributed by atoms with van der Waals surface area (Å²) in [4.78, 5) is 14.5. The summed E-state index contributed by atoms with van der Waals surface area (Å²) >= 11 is 5.66. The highest BCUT2D eigenvalue weighted by Crippen LogP contribution is 2.24. The fourth-order valence-electron chi connectivity index (χ4n) is 1.40. The molecular weight excluding hydrogens is 245 g/mol. The van der Waals surface area contributed by atoms with Gasteiger partial charge in [-0.15, -0.1) is 0 Å². The highest BCUT2D eigenvalue weighted by molar-refractivity contribution is 6.31. The van der Waals surface area contributed by atoms with Crippen LogP contribution in [-0.2, 0) is 0 Å². The lowest BCUT2D eigenvalue weighted by Gasteiger charge is -2.03. The molecule has 0 bridgehead atoms. The Kier molecular flexibility index (Phi) is 3.06. The molecule has 0 spiro atoms. The summed E-state index contributed by atoms with van der Waals surface area (Å²) < 4.78 is 13.0. The first-order valence-electron chi connectivity index (χ1n) is 4.72. The Balaban J connectivity index is 2.49. The molecule has 1 N–H and O–H groups in total. The SMILES string of the molecule is O=C(O)c1cc(-c2ccc(F)c(Cl)c2)ccn1. The minimum Gasteiger partial charge on any atom is -0.477 e. The van der Waals surface area contributed by atoms with Crippen molar-refractivity contribution in [3.05, 3.63) is 53.1 Å². The number of carboxylic acid groups (broad SMARTS) is 1. The minimum absolute atomic E-state index is 0.00353. The summed E-state index contributed by atoms with van der Waals surface area (Å²) in [7, 11) is 0. The van der Waals surface area contributed by atoms with Crippen molar-refractivity contribution < 1.29 is 14.3 Å². The maximum Gasteiger partial charge on any atom is 0.354 e. The van der Waals surface area contributed by atoms with Crippen molar-refractivity contribution in [3.63, 3.8) is 0 Å². The van der Waals surface area contributed by atoms with Gasteiger partial charge in [0.25, 0.3) is 0 Å². The van der Waals surface area contributed by atoms with Crippen molar-refractivity contribution in [1.82, 2.24) is 4.98 Å². The molecule has 0 amide bonds. The molecule has 0 aliphatic rings. The summed E-state index contributed by atoms with van der Waals surface area (Å²) in [6.07, 6.45) is 1.38. The first-order valence-corrected chi connectivity index (χ1v) is 5.10.